The summed E-state index contributed by atoms with van der Waals surface area (Å²) in [6.45, 7) is 10.4. The number of amides is 2. The van der Waals surface area contributed by atoms with Crippen molar-refractivity contribution in [1.29, 1.82) is 0 Å². The van der Waals surface area contributed by atoms with Crippen molar-refractivity contribution >= 4 is 51.9 Å². The average Bonchev–Trinajstić information content (AvgIpc) is 4.25. The zero-order valence-corrected chi connectivity index (χ0v) is 43.4. The van der Waals surface area contributed by atoms with Gasteiger partial charge < -0.3 is 33.7 Å². The third-order valence-corrected chi connectivity index (χ3v) is 12.8. The zero-order valence-electron chi connectivity index (χ0n) is 41.7. The van der Waals surface area contributed by atoms with Gasteiger partial charge in [0.2, 0.25) is 0 Å². The van der Waals surface area contributed by atoms with Crippen molar-refractivity contribution in [3.63, 3.8) is 0 Å². The number of nitrogens with two attached hydrogens (primary N) is 1. The summed E-state index contributed by atoms with van der Waals surface area (Å²) < 4.78 is 3.66. The molecule has 4 fully saturated rings. The third kappa shape index (κ3) is 14.2. The van der Waals surface area contributed by atoms with Gasteiger partial charge in [-0.15, -0.1) is 5.10 Å². The van der Waals surface area contributed by atoms with Gasteiger partial charge in [-0.3, -0.25) is 9.59 Å². The van der Waals surface area contributed by atoms with E-state index >= 15 is 0 Å². The Hall–Kier alpha value is -4.73. The number of imidazole rings is 2. The number of benzene rings is 2. The number of carbonyl (C=O) groups is 2. The Morgan fingerprint density at radius 2 is 1.07 bits per heavy atom. The van der Waals surface area contributed by atoms with E-state index in [1.54, 1.807) is 16.8 Å². The second kappa shape index (κ2) is 24.2. The van der Waals surface area contributed by atoms with Gasteiger partial charge in [0.1, 0.15) is 5.82 Å². The molecule has 358 valence electrons. The van der Waals surface area contributed by atoms with Gasteiger partial charge in [0, 0.05) is 71.6 Å². The molecule has 2 aromatic carbocycles. The first-order chi connectivity index (χ1) is 32.5. The van der Waals surface area contributed by atoms with E-state index < -0.39 is 0 Å². The largest absolute Gasteiger partial charge is 1.00 e. The number of hydrogen-bond donors (Lipinski definition) is 6. The summed E-state index contributed by atoms with van der Waals surface area (Å²) >= 11 is 6.22. The molecule has 4 saturated carbocycles. The van der Waals surface area contributed by atoms with E-state index in [1.165, 1.54) is 64.2 Å². The number of fused-ring (bicyclic) bond motifs is 2. The van der Waals surface area contributed by atoms with Crippen LogP contribution in [0.1, 0.15) is 140 Å². The van der Waals surface area contributed by atoms with Gasteiger partial charge in [0.05, 0.1) is 35.2 Å². The van der Waals surface area contributed by atoms with E-state index in [0.29, 0.717) is 52.3 Å². The first-order valence-corrected chi connectivity index (χ1v) is 25.1. The molecule has 4 aliphatic carbocycles. The first-order valence-electron chi connectivity index (χ1n) is 24.7. The Kier molecular flexibility index (Phi) is 18.2. The fourth-order valence-corrected chi connectivity index (χ4v) is 8.61. The van der Waals surface area contributed by atoms with Crippen LogP contribution in [-0.4, -0.2) is 78.3 Å². The maximum Gasteiger partial charge on any atom is 1.00 e. The summed E-state index contributed by atoms with van der Waals surface area (Å²) in [5.41, 5.74) is 14.0. The van der Waals surface area contributed by atoms with Gasteiger partial charge in [0.15, 0.2) is 16.4 Å². The molecule has 0 aliphatic heterocycles. The van der Waals surface area contributed by atoms with Crippen molar-refractivity contribution < 1.29 is 40.6 Å². The van der Waals surface area contributed by atoms with Crippen LogP contribution >= 0.6 is 11.6 Å². The van der Waals surface area contributed by atoms with Crippen LogP contribution in [0.3, 0.4) is 0 Å². The molecule has 4 aliphatic rings. The Bertz CT molecular complexity index is 2580. The smallest absolute Gasteiger partial charge is 1.00 e. The van der Waals surface area contributed by atoms with E-state index in [2.05, 4.69) is 70.4 Å². The quantitative estimate of drug-likeness (QED) is 0.0599. The SMILES string of the molecule is CC(C)CNc1cc(Cl)nn2c(-c3ccc(C(=O)NC4CC4)cc3)cnc12.CC(C)CNc1cc(NC2CCCCC2)nn2c(-c3ccc(C(=O)NC4CC4)cc3)cnc12.NC1CCCCC1.[H-].[Na+]. The number of carbonyl (C=O) groups excluding carboxylic acids is 2. The standard InChI is InChI=1S/C26H34N6O.C20H22ClN5O.C6H13N.Na.H/c1-17(2)15-27-22-14-24(29-20-6-4-3-5-7-20)31-32-23(16-28-25(22)32)18-8-10-19(11-9-18)26(33)30-21-12-13-21;1-12(2)10-22-16-9-18(21)25-26-17(11-23-19(16)26)13-3-5-14(6-4-13)20(27)24-15-7-8-15;7-6-4-2-1-3-5-6;;/h8-11,14,16-17,20-21,27H,3-7,12-13,15H2,1-2H3,(H,29,31)(H,30,33);3-6,9,11-12,15,22H,7-8,10H2,1-2H3,(H,24,27);6H,1-5,7H2;;/q;;;+1;-1. The van der Waals surface area contributed by atoms with Crippen molar-refractivity contribution in [1.82, 2.24) is 39.8 Å². The molecule has 0 bridgehead atoms. The number of hydrogen-bond acceptors (Lipinski definition) is 10. The van der Waals surface area contributed by atoms with Crippen molar-refractivity contribution in [2.75, 3.05) is 29.0 Å². The average molecular weight is 954 g/mol. The minimum absolute atomic E-state index is 0. The van der Waals surface area contributed by atoms with Gasteiger partial charge in [-0.25, -0.2) is 19.0 Å². The molecular formula is C52H70ClN12NaO2. The molecule has 0 unspecified atom stereocenters. The summed E-state index contributed by atoms with van der Waals surface area (Å²) in [5, 5.41) is 26.4. The monoisotopic (exact) mass is 953 g/mol. The number of nitrogens with zero attached hydrogens (tertiary/aromatic N) is 6. The molecule has 0 saturated heterocycles. The van der Waals surface area contributed by atoms with Crippen LogP contribution in [-0.2, 0) is 0 Å². The van der Waals surface area contributed by atoms with E-state index in [9.17, 15) is 9.59 Å². The van der Waals surface area contributed by atoms with Gasteiger partial charge >= 0.3 is 29.6 Å². The van der Waals surface area contributed by atoms with Crippen LogP contribution in [0.5, 0.6) is 0 Å². The molecule has 68 heavy (non-hydrogen) atoms. The van der Waals surface area contributed by atoms with E-state index in [4.69, 9.17) is 27.4 Å². The van der Waals surface area contributed by atoms with E-state index in [0.717, 1.165) is 89.8 Å². The minimum atomic E-state index is -0.0245. The van der Waals surface area contributed by atoms with Gasteiger partial charge in [-0.2, -0.15) is 5.10 Å². The summed E-state index contributed by atoms with van der Waals surface area (Å²) in [7, 11) is 0. The van der Waals surface area contributed by atoms with Crippen LogP contribution < -0.4 is 61.9 Å². The number of anilines is 3. The summed E-state index contributed by atoms with van der Waals surface area (Å²) in [6.07, 6.45) is 20.9. The molecule has 2 amide bonds. The van der Waals surface area contributed by atoms with Crippen molar-refractivity contribution in [2.45, 2.75) is 142 Å². The summed E-state index contributed by atoms with van der Waals surface area (Å²) in [4.78, 5) is 33.7. The Labute approximate surface area is 429 Å². The molecule has 7 N–H and O–H groups in total. The van der Waals surface area contributed by atoms with E-state index in [-0.39, 0.29) is 42.8 Å². The Balaban J connectivity index is 0.000000196. The van der Waals surface area contributed by atoms with Crippen molar-refractivity contribution in [3.05, 3.63) is 89.3 Å². The second-order valence-corrected chi connectivity index (χ2v) is 20.0. The molecule has 0 radical (unpaired) electrons. The second-order valence-electron chi connectivity index (χ2n) is 19.7. The molecule has 0 atom stereocenters. The fraction of sp³-hybridized carbons (Fsp3) is 0.500. The predicted molar refractivity (Wildman–Crippen MR) is 272 cm³/mol. The number of nitrogens with one attached hydrogen (secondary N) is 5. The van der Waals surface area contributed by atoms with Gasteiger partial charge in [-0.1, -0.05) is 102 Å². The summed E-state index contributed by atoms with van der Waals surface area (Å²) in [6, 6.07) is 20.8. The number of halogens is 1. The van der Waals surface area contributed by atoms with Crippen molar-refractivity contribution in [2.24, 2.45) is 17.6 Å². The molecule has 6 aromatic rings. The van der Waals surface area contributed by atoms with Crippen LogP contribution in [0.4, 0.5) is 17.2 Å². The fourth-order valence-electron chi connectivity index (χ4n) is 8.43. The third-order valence-electron chi connectivity index (χ3n) is 12.6. The van der Waals surface area contributed by atoms with Crippen LogP contribution in [0.15, 0.2) is 73.1 Å². The first kappa shape index (κ1) is 51.1. The Morgan fingerprint density at radius 1 is 0.632 bits per heavy atom. The normalized spacial score (nSPS) is 16.3. The van der Waals surface area contributed by atoms with Crippen LogP contribution in [0.2, 0.25) is 5.15 Å². The molecular weight excluding hydrogens is 883 g/mol. The minimum Gasteiger partial charge on any atom is -1.00 e. The van der Waals surface area contributed by atoms with Crippen LogP contribution in [0.25, 0.3) is 33.8 Å². The molecule has 4 aromatic heterocycles. The summed E-state index contributed by atoms with van der Waals surface area (Å²) in [5.74, 6) is 1.88. The molecule has 10 rings (SSSR count). The number of aromatic nitrogens is 6. The maximum absolute atomic E-state index is 12.4. The van der Waals surface area contributed by atoms with Crippen LogP contribution in [0, 0.1) is 11.8 Å². The Morgan fingerprint density at radius 3 is 1.50 bits per heavy atom. The molecule has 4 heterocycles. The van der Waals surface area contributed by atoms with E-state index in [1.807, 2.05) is 59.2 Å². The molecule has 16 heteroatoms. The predicted octanol–water partition coefficient (Wildman–Crippen LogP) is 7.51. The molecule has 14 nitrogen and oxygen atoms in total. The van der Waals surface area contributed by atoms with Crippen molar-refractivity contribution in [3.8, 4) is 22.5 Å². The topological polar surface area (TPSA) is 181 Å². The molecule has 0 spiro atoms. The maximum atomic E-state index is 12.4. The zero-order chi connectivity index (χ0) is 46.9. The number of rotatable bonds is 14. The van der Waals surface area contributed by atoms with Gasteiger partial charge in [-0.05, 0) is 87.5 Å². The van der Waals surface area contributed by atoms with Gasteiger partial charge in [0.25, 0.3) is 11.8 Å².